The van der Waals surface area contributed by atoms with E-state index in [-0.39, 0.29) is 6.42 Å². The Labute approximate surface area is 122 Å². The van der Waals surface area contributed by atoms with Crippen molar-refractivity contribution in [1.82, 2.24) is 0 Å². The number of aryl methyl sites for hydroxylation is 2. The van der Waals surface area contributed by atoms with E-state index >= 15 is 0 Å². The summed E-state index contributed by atoms with van der Waals surface area (Å²) in [6.07, 6.45) is 0.0329. The Hall–Kier alpha value is -2.23. The summed E-state index contributed by atoms with van der Waals surface area (Å²) in [5, 5.41) is 11.1. The van der Waals surface area contributed by atoms with Gasteiger partial charge in [0.1, 0.15) is 22.7 Å². The predicted octanol–water partition coefficient (Wildman–Crippen LogP) is 4.55. The van der Waals surface area contributed by atoms with E-state index in [2.05, 4.69) is 0 Å². The largest absolute Gasteiger partial charge is 0.481 e. The molecule has 0 bridgehead atoms. The smallest absolute Gasteiger partial charge is 0.304 e. The number of rotatable bonds is 3. The zero-order chi connectivity index (χ0) is 15.4. The van der Waals surface area contributed by atoms with Gasteiger partial charge in [-0.05, 0) is 32.0 Å². The van der Waals surface area contributed by atoms with Gasteiger partial charge in [0.05, 0.1) is 6.42 Å². The highest BCUT2D eigenvalue weighted by Crippen LogP contribution is 2.41. The lowest BCUT2D eigenvalue weighted by Gasteiger charge is -2.24. The molecule has 0 saturated carbocycles. The first-order valence-electron chi connectivity index (χ1n) is 6.93. The first-order chi connectivity index (χ1) is 9.78. The third-order valence-electron chi connectivity index (χ3n) is 3.82. The van der Waals surface area contributed by atoms with Gasteiger partial charge in [0, 0.05) is 21.8 Å². The highest BCUT2D eigenvalue weighted by molar-refractivity contribution is 5.99. The van der Waals surface area contributed by atoms with E-state index in [9.17, 15) is 9.90 Å². The number of hydrogen-bond donors (Lipinski definition) is 1. The van der Waals surface area contributed by atoms with Crippen LogP contribution in [0.2, 0.25) is 0 Å². The van der Waals surface area contributed by atoms with E-state index < -0.39 is 11.4 Å². The van der Waals surface area contributed by atoms with Gasteiger partial charge in [-0.15, -0.1) is 0 Å². The summed E-state index contributed by atoms with van der Waals surface area (Å²) in [6, 6.07) is 5.85. The summed E-state index contributed by atoms with van der Waals surface area (Å²) in [6.45, 7) is 7.63. The summed E-state index contributed by atoms with van der Waals surface area (Å²) in [5.74, 6) is 0.789. The average molecular weight is 286 g/mol. The lowest BCUT2D eigenvalue weighted by molar-refractivity contribution is -0.138. The molecule has 0 aliphatic heterocycles. The molecule has 2 aromatic heterocycles. The molecular weight excluding hydrogens is 268 g/mol. The van der Waals surface area contributed by atoms with E-state index in [4.69, 9.17) is 8.83 Å². The number of hydrogen-bond acceptors (Lipinski definition) is 3. The molecule has 0 aliphatic carbocycles. The van der Waals surface area contributed by atoms with E-state index in [1.54, 1.807) is 0 Å². The van der Waals surface area contributed by atoms with Crippen LogP contribution in [0.15, 0.2) is 27.0 Å². The van der Waals surface area contributed by atoms with E-state index in [0.29, 0.717) is 0 Å². The molecule has 0 unspecified atom stereocenters. The van der Waals surface area contributed by atoms with Crippen LogP contribution in [-0.2, 0) is 10.2 Å². The molecule has 1 N–H and O–H groups in total. The van der Waals surface area contributed by atoms with Gasteiger partial charge in [0.2, 0.25) is 0 Å². The molecular formula is C17H18O4. The van der Waals surface area contributed by atoms with E-state index in [1.807, 2.05) is 45.9 Å². The maximum atomic E-state index is 11.2. The third kappa shape index (κ3) is 2.20. The highest BCUT2D eigenvalue weighted by atomic mass is 16.4. The van der Waals surface area contributed by atoms with Crippen molar-refractivity contribution in [3.63, 3.8) is 0 Å². The molecule has 0 radical (unpaired) electrons. The SMILES string of the molecule is Cc1cc2c(C(C)(C)CC(=O)O)c3oc(C)cc3cc2o1. The van der Waals surface area contributed by atoms with Crippen LogP contribution in [0.5, 0.6) is 0 Å². The topological polar surface area (TPSA) is 63.6 Å². The zero-order valence-corrected chi connectivity index (χ0v) is 12.6. The van der Waals surface area contributed by atoms with Crippen molar-refractivity contribution in [1.29, 1.82) is 0 Å². The summed E-state index contributed by atoms with van der Waals surface area (Å²) in [7, 11) is 0. The van der Waals surface area contributed by atoms with Gasteiger partial charge in [-0.3, -0.25) is 4.79 Å². The minimum absolute atomic E-state index is 0.0329. The van der Waals surface area contributed by atoms with E-state index in [0.717, 1.165) is 39.0 Å². The van der Waals surface area contributed by atoms with Crippen LogP contribution in [0.3, 0.4) is 0 Å². The van der Waals surface area contributed by atoms with Gasteiger partial charge in [-0.2, -0.15) is 0 Å². The molecule has 4 nitrogen and oxygen atoms in total. The van der Waals surface area contributed by atoms with Gasteiger partial charge in [0.15, 0.2) is 0 Å². The number of carboxylic acids is 1. The van der Waals surface area contributed by atoms with Crippen LogP contribution in [-0.4, -0.2) is 11.1 Å². The lowest BCUT2D eigenvalue weighted by Crippen LogP contribution is -2.22. The lowest BCUT2D eigenvalue weighted by atomic mass is 9.79. The highest BCUT2D eigenvalue weighted by Gasteiger charge is 2.31. The molecule has 0 spiro atoms. The zero-order valence-electron chi connectivity index (χ0n) is 12.6. The molecule has 0 amide bonds. The van der Waals surface area contributed by atoms with Crippen molar-refractivity contribution in [3.05, 3.63) is 35.3 Å². The standard InChI is InChI=1S/C17H18O4/c1-9-5-11-7-13-12(6-10(2)20-13)15(16(11)21-9)17(3,4)8-14(18)19/h5-7H,8H2,1-4H3,(H,18,19). The second-order valence-electron chi connectivity index (χ2n) is 6.25. The Morgan fingerprint density at radius 2 is 1.81 bits per heavy atom. The Kier molecular flexibility index (Phi) is 2.87. The molecule has 4 heteroatoms. The minimum atomic E-state index is -0.825. The van der Waals surface area contributed by atoms with Crippen LogP contribution in [0, 0.1) is 13.8 Å². The first-order valence-corrected chi connectivity index (χ1v) is 6.93. The molecule has 2 heterocycles. The fraction of sp³-hybridized carbons (Fsp3) is 0.353. The fourth-order valence-corrected chi connectivity index (χ4v) is 3.07. The third-order valence-corrected chi connectivity index (χ3v) is 3.82. The van der Waals surface area contributed by atoms with Crippen LogP contribution in [0.4, 0.5) is 0 Å². The first kappa shape index (κ1) is 13.7. The van der Waals surface area contributed by atoms with Gasteiger partial charge in [0.25, 0.3) is 0 Å². The molecule has 0 atom stereocenters. The van der Waals surface area contributed by atoms with Crippen LogP contribution < -0.4 is 0 Å². The van der Waals surface area contributed by atoms with Crippen molar-refractivity contribution >= 4 is 27.9 Å². The molecule has 1 aromatic carbocycles. The molecule has 3 rings (SSSR count). The van der Waals surface area contributed by atoms with Gasteiger partial charge in [-0.1, -0.05) is 13.8 Å². The number of aliphatic carboxylic acids is 1. The maximum absolute atomic E-state index is 11.2. The Morgan fingerprint density at radius 3 is 2.48 bits per heavy atom. The van der Waals surface area contributed by atoms with Crippen molar-refractivity contribution in [3.8, 4) is 0 Å². The van der Waals surface area contributed by atoms with Gasteiger partial charge < -0.3 is 13.9 Å². The fourth-order valence-electron chi connectivity index (χ4n) is 3.07. The normalized spacial score (nSPS) is 12.4. The Morgan fingerprint density at radius 1 is 1.14 bits per heavy atom. The number of furan rings is 2. The van der Waals surface area contributed by atoms with Crippen molar-refractivity contribution in [2.75, 3.05) is 0 Å². The monoisotopic (exact) mass is 286 g/mol. The van der Waals surface area contributed by atoms with Crippen molar-refractivity contribution in [2.45, 2.75) is 39.5 Å². The maximum Gasteiger partial charge on any atom is 0.304 e. The summed E-state index contributed by atoms with van der Waals surface area (Å²) in [4.78, 5) is 11.2. The van der Waals surface area contributed by atoms with Crippen molar-refractivity contribution < 1.29 is 18.7 Å². The minimum Gasteiger partial charge on any atom is -0.481 e. The number of benzene rings is 1. The molecule has 110 valence electrons. The van der Waals surface area contributed by atoms with E-state index in [1.165, 1.54) is 0 Å². The predicted molar refractivity (Wildman–Crippen MR) is 80.7 cm³/mol. The summed E-state index contributed by atoms with van der Waals surface area (Å²) < 4.78 is 11.6. The summed E-state index contributed by atoms with van der Waals surface area (Å²) in [5.41, 5.74) is 1.88. The van der Waals surface area contributed by atoms with Crippen LogP contribution >= 0.6 is 0 Å². The summed E-state index contributed by atoms with van der Waals surface area (Å²) >= 11 is 0. The molecule has 0 saturated heterocycles. The number of carbonyl (C=O) groups is 1. The average Bonchev–Trinajstić information content (AvgIpc) is 2.83. The van der Waals surface area contributed by atoms with Crippen molar-refractivity contribution in [2.24, 2.45) is 0 Å². The quantitative estimate of drug-likeness (QED) is 0.767. The number of fused-ring (bicyclic) bond motifs is 2. The van der Waals surface area contributed by atoms with Crippen LogP contribution in [0.25, 0.3) is 21.9 Å². The number of carboxylic acid groups (broad SMARTS) is 1. The second kappa shape index (κ2) is 4.38. The van der Waals surface area contributed by atoms with Gasteiger partial charge in [-0.25, -0.2) is 0 Å². The molecule has 0 fully saturated rings. The molecule has 3 aromatic rings. The Balaban J connectivity index is 2.41. The molecule has 21 heavy (non-hydrogen) atoms. The van der Waals surface area contributed by atoms with Crippen LogP contribution in [0.1, 0.15) is 37.4 Å². The Bertz CT molecular complexity index is 794. The molecule has 0 aliphatic rings. The van der Waals surface area contributed by atoms with Gasteiger partial charge >= 0.3 is 5.97 Å². The second-order valence-corrected chi connectivity index (χ2v) is 6.25.